The molecule has 2 fully saturated rings. The molecule has 0 radical (unpaired) electrons. The summed E-state index contributed by atoms with van der Waals surface area (Å²) in [6, 6.07) is 5.58. The van der Waals surface area contributed by atoms with Crippen LogP contribution in [0, 0.1) is 0 Å². The fourth-order valence-electron chi connectivity index (χ4n) is 2.58. The van der Waals surface area contributed by atoms with Crippen molar-refractivity contribution in [1.29, 1.82) is 0 Å². The van der Waals surface area contributed by atoms with Gasteiger partial charge in [0.05, 0.1) is 12.8 Å². The van der Waals surface area contributed by atoms with Crippen molar-refractivity contribution >= 4 is 0 Å². The Morgan fingerprint density at radius 1 is 1.38 bits per heavy atom. The van der Waals surface area contributed by atoms with Crippen molar-refractivity contribution in [1.82, 2.24) is 10.2 Å². The van der Waals surface area contributed by atoms with E-state index < -0.39 is 0 Å². The maximum absolute atomic E-state index is 5.44. The second kappa shape index (κ2) is 4.60. The van der Waals surface area contributed by atoms with Gasteiger partial charge in [-0.15, -0.1) is 0 Å². The topological polar surface area (TPSA) is 28.4 Å². The van der Waals surface area contributed by atoms with Crippen LogP contribution in [0.4, 0.5) is 0 Å². The van der Waals surface area contributed by atoms with Gasteiger partial charge in [0, 0.05) is 18.6 Å². The summed E-state index contributed by atoms with van der Waals surface area (Å²) in [4.78, 5) is 2.59. The average Bonchev–Trinajstić information content (AvgIpc) is 2.79. The second-order valence-corrected chi connectivity index (χ2v) is 5.03. The van der Waals surface area contributed by atoms with Gasteiger partial charge in [-0.2, -0.15) is 0 Å². The lowest BCUT2D eigenvalue weighted by atomic mass is 10.2. The van der Waals surface area contributed by atoms with Crippen LogP contribution < -0.4 is 5.32 Å². The van der Waals surface area contributed by atoms with Crippen molar-refractivity contribution in [2.24, 2.45) is 0 Å². The van der Waals surface area contributed by atoms with Crippen molar-refractivity contribution in [2.45, 2.75) is 44.3 Å². The predicted octanol–water partition coefficient (Wildman–Crippen LogP) is 2.00. The van der Waals surface area contributed by atoms with Crippen molar-refractivity contribution < 1.29 is 4.42 Å². The predicted molar refractivity (Wildman–Crippen MR) is 63.2 cm³/mol. The van der Waals surface area contributed by atoms with Gasteiger partial charge in [-0.3, -0.25) is 4.90 Å². The molecule has 1 aliphatic carbocycles. The highest BCUT2D eigenvalue weighted by molar-refractivity contribution is 5.00. The fourth-order valence-corrected chi connectivity index (χ4v) is 2.58. The molecule has 1 atom stereocenters. The summed E-state index contributed by atoms with van der Waals surface area (Å²) in [7, 11) is 0. The maximum Gasteiger partial charge on any atom is 0.117 e. The molecule has 1 aromatic heterocycles. The van der Waals surface area contributed by atoms with Crippen LogP contribution in [0.15, 0.2) is 22.8 Å². The molecule has 1 aromatic rings. The molecule has 3 heteroatoms. The molecule has 16 heavy (non-hydrogen) atoms. The Hall–Kier alpha value is -0.800. The highest BCUT2D eigenvalue weighted by atomic mass is 16.3. The number of nitrogens with one attached hydrogen (secondary N) is 1. The zero-order valence-electron chi connectivity index (χ0n) is 9.69. The van der Waals surface area contributed by atoms with Gasteiger partial charge >= 0.3 is 0 Å². The number of nitrogens with zero attached hydrogens (tertiary/aromatic N) is 1. The Morgan fingerprint density at radius 2 is 2.31 bits per heavy atom. The zero-order chi connectivity index (χ0) is 10.8. The van der Waals surface area contributed by atoms with Gasteiger partial charge in [0.15, 0.2) is 0 Å². The molecule has 3 nitrogen and oxygen atoms in total. The van der Waals surface area contributed by atoms with Crippen LogP contribution in [0.3, 0.4) is 0 Å². The summed E-state index contributed by atoms with van der Waals surface area (Å²) in [6.07, 6.45) is 7.18. The highest BCUT2D eigenvalue weighted by Gasteiger charge is 2.31. The minimum atomic E-state index is 0.704. The average molecular weight is 220 g/mol. The zero-order valence-corrected chi connectivity index (χ0v) is 9.69. The van der Waals surface area contributed by atoms with Crippen molar-refractivity contribution in [3.05, 3.63) is 24.2 Å². The lowest BCUT2D eigenvalue weighted by Crippen LogP contribution is -2.38. The molecule has 0 spiro atoms. The standard InChI is InChI=1S/C13H20N2O/c1-3-11(14-7-1)9-15(12-5-6-12)10-13-4-2-8-16-13/h2,4,8,11-12,14H,1,3,5-7,9-10H2/t11-/m0/s1. The molecule has 0 aromatic carbocycles. The monoisotopic (exact) mass is 220 g/mol. The molecule has 2 aliphatic rings. The number of rotatable bonds is 5. The van der Waals surface area contributed by atoms with E-state index in [1.165, 1.54) is 38.8 Å². The largest absolute Gasteiger partial charge is 0.468 e. The quantitative estimate of drug-likeness (QED) is 0.822. The summed E-state index contributed by atoms with van der Waals surface area (Å²) in [5.74, 6) is 1.10. The third-order valence-electron chi connectivity index (χ3n) is 3.62. The van der Waals surface area contributed by atoms with Gasteiger partial charge in [0.2, 0.25) is 0 Å². The van der Waals surface area contributed by atoms with E-state index >= 15 is 0 Å². The first kappa shape index (κ1) is 10.4. The number of hydrogen-bond acceptors (Lipinski definition) is 3. The molecule has 3 rings (SSSR count). The highest BCUT2D eigenvalue weighted by Crippen LogP contribution is 2.29. The Bertz CT molecular complexity index is 313. The summed E-state index contributed by atoms with van der Waals surface area (Å²) in [5.41, 5.74) is 0. The Kier molecular flexibility index (Phi) is 2.98. The van der Waals surface area contributed by atoms with E-state index in [1.54, 1.807) is 6.26 Å². The van der Waals surface area contributed by atoms with Crippen LogP contribution in [0.25, 0.3) is 0 Å². The van der Waals surface area contributed by atoms with Crippen LogP contribution in [-0.2, 0) is 6.54 Å². The second-order valence-electron chi connectivity index (χ2n) is 5.03. The summed E-state index contributed by atoms with van der Waals surface area (Å²) in [6.45, 7) is 3.37. The number of furan rings is 1. The first-order valence-corrected chi connectivity index (χ1v) is 6.41. The normalized spacial score (nSPS) is 25.4. The van der Waals surface area contributed by atoms with E-state index in [-0.39, 0.29) is 0 Å². The van der Waals surface area contributed by atoms with Crippen molar-refractivity contribution in [2.75, 3.05) is 13.1 Å². The van der Waals surface area contributed by atoms with Crippen LogP contribution in [0.5, 0.6) is 0 Å². The lowest BCUT2D eigenvalue weighted by Gasteiger charge is -2.24. The van der Waals surface area contributed by atoms with E-state index in [2.05, 4.69) is 16.3 Å². The Balaban J connectivity index is 1.57. The smallest absolute Gasteiger partial charge is 0.117 e. The van der Waals surface area contributed by atoms with Gasteiger partial charge in [-0.25, -0.2) is 0 Å². The molecule has 1 saturated carbocycles. The first-order chi connectivity index (χ1) is 7.92. The molecule has 88 valence electrons. The van der Waals surface area contributed by atoms with Crippen LogP contribution in [-0.4, -0.2) is 30.1 Å². The molecular weight excluding hydrogens is 200 g/mol. The summed E-state index contributed by atoms with van der Waals surface area (Å²) < 4.78 is 5.44. The molecule has 1 aliphatic heterocycles. The molecule has 2 heterocycles. The molecular formula is C13H20N2O. The third kappa shape index (κ3) is 2.47. The molecule has 0 unspecified atom stereocenters. The Labute approximate surface area is 96.8 Å². The van der Waals surface area contributed by atoms with Gasteiger partial charge in [0.1, 0.15) is 5.76 Å². The van der Waals surface area contributed by atoms with Gasteiger partial charge in [0.25, 0.3) is 0 Å². The van der Waals surface area contributed by atoms with Gasteiger partial charge < -0.3 is 9.73 Å². The summed E-state index contributed by atoms with van der Waals surface area (Å²) >= 11 is 0. The van der Waals surface area contributed by atoms with E-state index in [1.807, 2.05) is 6.07 Å². The molecule has 0 bridgehead atoms. The number of hydrogen-bond donors (Lipinski definition) is 1. The van der Waals surface area contributed by atoms with Crippen molar-refractivity contribution in [3.63, 3.8) is 0 Å². The fraction of sp³-hybridized carbons (Fsp3) is 0.692. The lowest BCUT2D eigenvalue weighted by molar-refractivity contribution is 0.214. The maximum atomic E-state index is 5.44. The minimum Gasteiger partial charge on any atom is -0.468 e. The Morgan fingerprint density at radius 3 is 2.94 bits per heavy atom. The van der Waals surface area contributed by atoms with Gasteiger partial charge in [-0.1, -0.05) is 0 Å². The van der Waals surface area contributed by atoms with Crippen molar-refractivity contribution in [3.8, 4) is 0 Å². The third-order valence-corrected chi connectivity index (χ3v) is 3.62. The minimum absolute atomic E-state index is 0.704. The van der Waals surface area contributed by atoms with Gasteiger partial charge in [-0.05, 0) is 44.4 Å². The molecule has 1 N–H and O–H groups in total. The van der Waals surface area contributed by atoms with E-state index in [9.17, 15) is 0 Å². The van der Waals surface area contributed by atoms with E-state index in [4.69, 9.17) is 4.42 Å². The summed E-state index contributed by atoms with van der Waals surface area (Å²) in [5, 5.41) is 3.58. The molecule has 0 amide bonds. The first-order valence-electron chi connectivity index (χ1n) is 6.41. The van der Waals surface area contributed by atoms with E-state index in [0.29, 0.717) is 6.04 Å². The van der Waals surface area contributed by atoms with E-state index in [0.717, 1.165) is 18.3 Å². The van der Waals surface area contributed by atoms with Crippen LogP contribution in [0.1, 0.15) is 31.4 Å². The van der Waals surface area contributed by atoms with Crippen LogP contribution >= 0.6 is 0 Å². The SMILES string of the molecule is c1coc(CN(C[C@@H]2CCCN2)C2CC2)c1. The molecule has 1 saturated heterocycles. The van der Waals surface area contributed by atoms with Crippen LogP contribution in [0.2, 0.25) is 0 Å².